The highest BCUT2D eigenvalue weighted by molar-refractivity contribution is 9.10. The third-order valence-corrected chi connectivity index (χ3v) is 4.24. The van der Waals surface area contributed by atoms with E-state index in [0.717, 1.165) is 26.9 Å². The van der Waals surface area contributed by atoms with Gasteiger partial charge in [0.25, 0.3) is 0 Å². The van der Waals surface area contributed by atoms with Crippen molar-refractivity contribution in [2.75, 3.05) is 5.73 Å². The van der Waals surface area contributed by atoms with Gasteiger partial charge in [-0.15, -0.1) is 0 Å². The molecular weight excluding hydrogens is 374 g/mol. The number of rotatable bonds is 2. The molecule has 0 aliphatic heterocycles. The van der Waals surface area contributed by atoms with Crippen molar-refractivity contribution in [3.05, 3.63) is 69.7 Å². The molecule has 0 unspecified atom stereocenters. The minimum absolute atomic E-state index is 0.220. The van der Waals surface area contributed by atoms with Crippen LogP contribution in [0.2, 0.25) is 5.02 Å². The predicted octanol–water partition coefficient (Wildman–Crippen LogP) is 5.29. The molecule has 3 aromatic rings. The molecule has 3 nitrogen and oxygen atoms in total. The first kappa shape index (κ1) is 15.5. The van der Waals surface area contributed by atoms with Gasteiger partial charge in [0.15, 0.2) is 0 Å². The third-order valence-electron chi connectivity index (χ3n) is 3.45. The van der Waals surface area contributed by atoms with E-state index in [4.69, 9.17) is 17.3 Å². The largest absolute Gasteiger partial charge is 0.383 e. The average Bonchev–Trinajstić information content (AvgIpc) is 2.55. The van der Waals surface area contributed by atoms with Crippen LogP contribution in [0.4, 0.5) is 5.82 Å². The zero-order valence-corrected chi connectivity index (χ0v) is 14.3. The number of nitriles is 1. The lowest BCUT2D eigenvalue weighted by atomic mass is 9.98. The summed E-state index contributed by atoms with van der Waals surface area (Å²) in [5, 5.41) is 10.1. The molecule has 0 atom stereocenters. The number of aromatic nitrogens is 1. The third kappa shape index (κ3) is 3.21. The fourth-order valence-electron chi connectivity index (χ4n) is 2.31. The summed E-state index contributed by atoms with van der Waals surface area (Å²) in [6.45, 7) is 0. The first-order chi connectivity index (χ1) is 11.1. The van der Waals surface area contributed by atoms with E-state index in [1.54, 1.807) is 12.1 Å². The molecule has 2 N–H and O–H groups in total. The van der Waals surface area contributed by atoms with E-state index in [0.29, 0.717) is 10.6 Å². The number of hydrogen-bond acceptors (Lipinski definition) is 3. The topological polar surface area (TPSA) is 62.7 Å². The van der Waals surface area contributed by atoms with Crippen molar-refractivity contribution in [2.24, 2.45) is 0 Å². The molecule has 1 heterocycles. The maximum atomic E-state index is 9.41. The normalized spacial score (nSPS) is 10.3. The summed E-state index contributed by atoms with van der Waals surface area (Å²) >= 11 is 9.35. The van der Waals surface area contributed by atoms with E-state index in [-0.39, 0.29) is 5.82 Å². The number of pyridine rings is 1. The van der Waals surface area contributed by atoms with Crippen molar-refractivity contribution in [1.29, 1.82) is 5.26 Å². The molecule has 0 aliphatic carbocycles. The number of hydrogen-bond donors (Lipinski definition) is 1. The van der Waals surface area contributed by atoms with Gasteiger partial charge in [-0.3, -0.25) is 0 Å². The molecule has 1 aromatic heterocycles. The molecular formula is C18H11BrClN3. The molecule has 0 amide bonds. The summed E-state index contributed by atoms with van der Waals surface area (Å²) in [5.41, 5.74) is 9.64. The lowest BCUT2D eigenvalue weighted by Gasteiger charge is -2.10. The van der Waals surface area contributed by atoms with Crippen molar-refractivity contribution in [3.8, 4) is 28.5 Å². The molecule has 5 heteroatoms. The molecule has 112 valence electrons. The van der Waals surface area contributed by atoms with Crippen molar-refractivity contribution >= 4 is 33.3 Å². The lowest BCUT2D eigenvalue weighted by molar-refractivity contribution is 1.31. The smallest absolute Gasteiger partial charge is 0.142 e. The van der Waals surface area contributed by atoms with Gasteiger partial charge >= 0.3 is 0 Å². The summed E-state index contributed by atoms with van der Waals surface area (Å²) in [7, 11) is 0. The number of nitrogens with two attached hydrogens (primary N) is 1. The van der Waals surface area contributed by atoms with Crippen LogP contribution in [0, 0.1) is 11.3 Å². The molecule has 0 saturated heterocycles. The zero-order valence-electron chi connectivity index (χ0n) is 11.9. The first-order valence-corrected chi connectivity index (χ1v) is 7.98. The molecule has 0 bridgehead atoms. The Hall–Kier alpha value is -2.35. The van der Waals surface area contributed by atoms with Crippen LogP contribution in [-0.4, -0.2) is 4.98 Å². The second kappa shape index (κ2) is 6.41. The van der Waals surface area contributed by atoms with E-state index in [9.17, 15) is 5.26 Å². The van der Waals surface area contributed by atoms with Crippen molar-refractivity contribution < 1.29 is 0 Å². The monoisotopic (exact) mass is 383 g/mol. The molecule has 2 aromatic carbocycles. The van der Waals surface area contributed by atoms with Crippen LogP contribution >= 0.6 is 27.5 Å². The lowest BCUT2D eigenvalue weighted by Crippen LogP contribution is -1.99. The highest BCUT2D eigenvalue weighted by Crippen LogP contribution is 2.32. The van der Waals surface area contributed by atoms with Crippen LogP contribution in [0.25, 0.3) is 22.4 Å². The second-order valence-electron chi connectivity index (χ2n) is 4.94. The van der Waals surface area contributed by atoms with E-state index in [2.05, 4.69) is 27.0 Å². The maximum absolute atomic E-state index is 9.41. The van der Waals surface area contributed by atoms with Gasteiger partial charge in [-0.2, -0.15) is 5.26 Å². The van der Waals surface area contributed by atoms with Gasteiger partial charge in [0.05, 0.1) is 5.69 Å². The highest BCUT2D eigenvalue weighted by atomic mass is 79.9. The minimum Gasteiger partial charge on any atom is -0.383 e. The van der Waals surface area contributed by atoms with Crippen molar-refractivity contribution in [2.45, 2.75) is 0 Å². The summed E-state index contributed by atoms with van der Waals surface area (Å²) in [4.78, 5) is 4.36. The Morgan fingerprint density at radius 2 is 1.61 bits per heavy atom. The van der Waals surface area contributed by atoms with Gasteiger partial charge in [-0.05, 0) is 35.9 Å². The first-order valence-electron chi connectivity index (χ1n) is 6.81. The number of halogens is 2. The molecule has 0 fully saturated rings. The molecule has 0 radical (unpaired) electrons. The Labute approximate surface area is 147 Å². The summed E-state index contributed by atoms with van der Waals surface area (Å²) < 4.78 is 0.987. The Morgan fingerprint density at radius 3 is 2.22 bits per heavy atom. The Balaban J connectivity index is 2.20. The average molecular weight is 385 g/mol. The minimum atomic E-state index is 0.220. The number of nitrogens with zero attached hydrogens (tertiary/aromatic N) is 2. The fraction of sp³-hybridized carbons (Fsp3) is 0. The summed E-state index contributed by atoms with van der Waals surface area (Å²) in [6, 6.07) is 19.1. The maximum Gasteiger partial charge on any atom is 0.142 e. The summed E-state index contributed by atoms with van der Waals surface area (Å²) in [5.74, 6) is 0.220. The number of anilines is 1. The number of nitrogen functional groups attached to an aromatic ring is 1. The molecule has 3 rings (SSSR count). The van der Waals surface area contributed by atoms with Crippen LogP contribution in [0.15, 0.2) is 59.1 Å². The zero-order chi connectivity index (χ0) is 16.4. The van der Waals surface area contributed by atoms with Crippen LogP contribution in [0.1, 0.15) is 5.56 Å². The Morgan fingerprint density at radius 1 is 1.00 bits per heavy atom. The highest BCUT2D eigenvalue weighted by Gasteiger charge is 2.13. The molecule has 0 spiro atoms. The quantitative estimate of drug-likeness (QED) is 0.653. The van der Waals surface area contributed by atoms with Crippen molar-refractivity contribution in [3.63, 3.8) is 0 Å². The molecule has 0 aliphatic rings. The Kier molecular flexibility index (Phi) is 4.33. The van der Waals surface area contributed by atoms with E-state index < -0.39 is 0 Å². The Bertz CT molecular complexity index is 897. The molecule has 0 saturated carbocycles. The SMILES string of the molecule is N#Cc1c(-c2ccc(Cl)cc2)cc(-c2ccc(Br)cc2)nc1N. The van der Waals surface area contributed by atoms with Gasteiger partial charge in [-0.1, -0.05) is 51.8 Å². The van der Waals surface area contributed by atoms with Gasteiger partial charge in [0.2, 0.25) is 0 Å². The van der Waals surface area contributed by atoms with Crippen LogP contribution < -0.4 is 5.73 Å². The van der Waals surface area contributed by atoms with Gasteiger partial charge in [0.1, 0.15) is 17.5 Å². The van der Waals surface area contributed by atoms with Crippen LogP contribution in [0.5, 0.6) is 0 Å². The van der Waals surface area contributed by atoms with Crippen molar-refractivity contribution in [1.82, 2.24) is 4.98 Å². The predicted molar refractivity (Wildman–Crippen MR) is 96.9 cm³/mol. The molecule has 23 heavy (non-hydrogen) atoms. The van der Waals surface area contributed by atoms with E-state index in [1.165, 1.54) is 0 Å². The number of benzene rings is 2. The van der Waals surface area contributed by atoms with Gasteiger partial charge in [-0.25, -0.2) is 4.98 Å². The standard InChI is InChI=1S/C18H11BrClN3/c19-13-5-1-12(2-6-13)17-9-15(16(10-21)18(22)23-17)11-3-7-14(20)8-4-11/h1-9H,(H2,22,23). The van der Waals surface area contributed by atoms with Gasteiger partial charge in [0, 0.05) is 20.6 Å². The second-order valence-corrected chi connectivity index (χ2v) is 6.29. The van der Waals surface area contributed by atoms with Crippen LogP contribution in [-0.2, 0) is 0 Å². The fourth-order valence-corrected chi connectivity index (χ4v) is 2.70. The van der Waals surface area contributed by atoms with Crippen LogP contribution in [0.3, 0.4) is 0 Å². The summed E-state index contributed by atoms with van der Waals surface area (Å²) in [6.07, 6.45) is 0. The van der Waals surface area contributed by atoms with Gasteiger partial charge < -0.3 is 5.73 Å². The van der Waals surface area contributed by atoms with E-state index in [1.807, 2.05) is 42.5 Å². The van der Waals surface area contributed by atoms with E-state index >= 15 is 0 Å².